The number of nitrogens with one attached hydrogen (secondary N) is 1. The lowest BCUT2D eigenvalue weighted by molar-refractivity contribution is 0.801. The summed E-state index contributed by atoms with van der Waals surface area (Å²) < 4.78 is 0. The van der Waals surface area contributed by atoms with Gasteiger partial charge in [0.15, 0.2) is 0 Å². The van der Waals surface area contributed by atoms with Gasteiger partial charge in [-0.1, -0.05) is 18.2 Å². The molecule has 70 valence electrons. The van der Waals surface area contributed by atoms with Crippen LogP contribution in [0.3, 0.4) is 0 Å². The normalized spacial score (nSPS) is 12.4. The SMILES string of the molecule is CC(N=C=S)c1cc2ccccc2[nH]1. The number of para-hydroxylation sites is 1. The number of benzene rings is 1. The highest BCUT2D eigenvalue weighted by Gasteiger charge is 2.05. The van der Waals surface area contributed by atoms with Crippen molar-refractivity contribution in [2.45, 2.75) is 13.0 Å². The van der Waals surface area contributed by atoms with Crippen LogP contribution in [-0.2, 0) is 0 Å². The minimum Gasteiger partial charge on any atom is -0.357 e. The largest absolute Gasteiger partial charge is 0.357 e. The lowest BCUT2D eigenvalue weighted by Gasteiger charge is -1.98. The lowest BCUT2D eigenvalue weighted by Crippen LogP contribution is -1.87. The van der Waals surface area contributed by atoms with Crippen LogP contribution in [0.4, 0.5) is 0 Å². The van der Waals surface area contributed by atoms with Crippen molar-refractivity contribution < 1.29 is 0 Å². The molecule has 1 aromatic carbocycles. The van der Waals surface area contributed by atoms with E-state index in [9.17, 15) is 0 Å². The van der Waals surface area contributed by atoms with Gasteiger partial charge < -0.3 is 4.98 Å². The van der Waals surface area contributed by atoms with E-state index in [-0.39, 0.29) is 6.04 Å². The number of aromatic amines is 1. The molecule has 0 aliphatic rings. The molecule has 14 heavy (non-hydrogen) atoms. The summed E-state index contributed by atoms with van der Waals surface area (Å²) in [4.78, 5) is 7.32. The Morgan fingerprint density at radius 1 is 1.43 bits per heavy atom. The summed E-state index contributed by atoms with van der Waals surface area (Å²) in [5, 5.41) is 3.60. The minimum atomic E-state index is 0.0555. The molecule has 1 N–H and O–H groups in total. The molecular formula is C11H10N2S. The van der Waals surface area contributed by atoms with Crippen molar-refractivity contribution in [3.8, 4) is 0 Å². The molecule has 2 rings (SSSR count). The number of rotatable bonds is 2. The number of nitrogens with zero attached hydrogens (tertiary/aromatic N) is 1. The van der Waals surface area contributed by atoms with Crippen molar-refractivity contribution in [3.05, 3.63) is 36.0 Å². The molecule has 0 radical (unpaired) electrons. The summed E-state index contributed by atoms with van der Waals surface area (Å²) in [6, 6.07) is 10.3. The average molecular weight is 202 g/mol. The first kappa shape index (κ1) is 9.13. The Labute approximate surface area is 87.7 Å². The van der Waals surface area contributed by atoms with Gasteiger partial charge in [0, 0.05) is 11.2 Å². The van der Waals surface area contributed by atoms with E-state index < -0.39 is 0 Å². The highest BCUT2D eigenvalue weighted by atomic mass is 32.1. The summed E-state index contributed by atoms with van der Waals surface area (Å²) in [7, 11) is 0. The molecule has 0 aliphatic carbocycles. The van der Waals surface area contributed by atoms with E-state index in [0.29, 0.717) is 0 Å². The predicted molar refractivity (Wildman–Crippen MR) is 61.7 cm³/mol. The Hall–Kier alpha value is -1.44. The third-order valence-electron chi connectivity index (χ3n) is 2.25. The molecule has 0 saturated heterocycles. The fourth-order valence-electron chi connectivity index (χ4n) is 1.47. The molecule has 0 bridgehead atoms. The highest BCUT2D eigenvalue weighted by molar-refractivity contribution is 7.78. The van der Waals surface area contributed by atoms with Crippen LogP contribution in [0.2, 0.25) is 0 Å². The number of hydrogen-bond acceptors (Lipinski definition) is 2. The highest BCUT2D eigenvalue weighted by Crippen LogP contribution is 2.21. The van der Waals surface area contributed by atoms with Crippen LogP contribution in [0.1, 0.15) is 18.7 Å². The van der Waals surface area contributed by atoms with Crippen molar-refractivity contribution >= 4 is 28.3 Å². The number of fused-ring (bicyclic) bond motifs is 1. The van der Waals surface area contributed by atoms with E-state index in [0.717, 1.165) is 11.2 Å². The summed E-state index contributed by atoms with van der Waals surface area (Å²) in [5.74, 6) is 0. The number of hydrogen-bond donors (Lipinski definition) is 1. The zero-order valence-corrected chi connectivity index (χ0v) is 8.64. The topological polar surface area (TPSA) is 28.1 Å². The first-order valence-electron chi connectivity index (χ1n) is 4.46. The van der Waals surface area contributed by atoms with Gasteiger partial charge in [-0.15, -0.1) is 0 Å². The Morgan fingerprint density at radius 2 is 2.21 bits per heavy atom. The first-order valence-corrected chi connectivity index (χ1v) is 4.86. The van der Waals surface area contributed by atoms with Crippen LogP contribution in [0.5, 0.6) is 0 Å². The van der Waals surface area contributed by atoms with Gasteiger partial charge in [0.1, 0.15) is 0 Å². The van der Waals surface area contributed by atoms with Crippen LogP contribution in [-0.4, -0.2) is 10.1 Å². The second kappa shape index (κ2) is 3.74. The van der Waals surface area contributed by atoms with Gasteiger partial charge in [0.2, 0.25) is 0 Å². The maximum Gasteiger partial charge on any atom is 0.0972 e. The van der Waals surface area contributed by atoms with Crippen LogP contribution in [0.25, 0.3) is 10.9 Å². The number of isothiocyanates is 1. The number of aliphatic imine (C=N–C) groups is 1. The van der Waals surface area contributed by atoms with Gasteiger partial charge in [0.05, 0.1) is 11.2 Å². The molecule has 0 fully saturated rings. The zero-order chi connectivity index (χ0) is 9.97. The van der Waals surface area contributed by atoms with Crippen LogP contribution in [0, 0.1) is 0 Å². The van der Waals surface area contributed by atoms with Crippen molar-refractivity contribution in [3.63, 3.8) is 0 Å². The number of aromatic nitrogens is 1. The maximum atomic E-state index is 4.58. The molecule has 0 amide bonds. The van der Waals surface area contributed by atoms with E-state index in [4.69, 9.17) is 0 Å². The monoisotopic (exact) mass is 202 g/mol. The van der Waals surface area contributed by atoms with Crippen LogP contribution < -0.4 is 0 Å². The second-order valence-corrected chi connectivity index (χ2v) is 3.39. The molecule has 1 atom stereocenters. The predicted octanol–water partition coefficient (Wildman–Crippen LogP) is 3.33. The summed E-state index contributed by atoms with van der Waals surface area (Å²) in [6.07, 6.45) is 0. The van der Waals surface area contributed by atoms with E-state index >= 15 is 0 Å². The van der Waals surface area contributed by atoms with Gasteiger partial charge in [-0.05, 0) is 36.7 Å². The fraction of sp³-hybridized carbons (Fsp3) is 0.182. The third-order valence-corrected chi connectivity index (χ3v) is 2.35. The number of thiocarbonyl (C=S) groups is 1. The maximum absolute atomic E-state index is 4.58. The van der Waals surface area contributed by atoms with Crippen molar-refractivity contribution in [1.29, 1.82) is 0 Å². The molecule has 0 saturated carbocycles. The summed E-state index contributed by atoms with van der Waals surface area (Å²) >= 11 is 4.58. The Morgan fingerprint density at radius 3 is 2.93 bits per heavy atom. The third kappa shape index (κ3) is 1.60. The van der Waals surface area contributed by atoms with Gasteiger partial charge in [-0.25, -0.2) is 4.99 Å². The van der Waals surface area contributed by atoms with Gasteiger partial charge in [0.25, 0.3) is 0 Å². The second-order valence-electron chi connectivity index (χ2n) is 3.21. The smallest absolute Gasteiger partial charge is 0.0972 e. The van der Waals surface area contributed by atoms with Gasteiger partial charge in [-0.3, -0.25) is 0 Å². The van der Waals surface area contributed by atoms with Crippen LogP contribution in [0.15, 0.2) is 35.3 Å². The fourth-order valence-corrected chi connectivity index (χ4v) is 1.63. The molecule has 1 aromatic heterocycles. The van der Waals surface area contributed by atoms with E-state index in [2.05, 4.69) is 39.5 Å². The molecule has 2 aromatic rings. The molecule has 3 heteroatoms. The molecule has 2 nitrogen and oxygen atoms in total. The number of H-pyrrole nitrogens is 1. The molecular weight excluding hydrogens is 192 g/mol. The molecule has 0 spiro atoms. The summed E-state index contributed by atoms with van der Waals surface area (Å²) in [5.41, 5.74) is 2.21. The zero-order valence-electron chi connectivity index (χ0n) is 7.82. The lowest BCUT2D eigenvalue weighted by atomic mass is 10.2. The Bertz CT molecular complexity index is 462. The standard InChI is InChI=1S/C11H10N2S/c1-8(12-7-14)11-6-9-4-2-3-5-10(9)13-11/h2-6,8,13H,1H3. The van der Waals surface area contributed by atoms with Crippen LogP contribution >= 0.6 is 12.2 Å². The van der Waals surface area contributed by atoms with Crippen molar-refractivity contribution in [1.82, 2.24) is 4.98 Å². The minimum absolute atomic E-state index is 0.0555. The first-order chi connectivity index (χ1) is 6.81. The van der Waals surface area contributed by atoms with E-state index in [1.807, 2.05) is 25.1 Å². The molecule has 1 heterocycles. The Balaban J connectivity index is 2.49. The van der Waals surface area contributed by atoms with Crippen molar-refractivity contribution in [2.75, 3.05) is 0 Å². The molecule has 0 aliphatic heterocycles. The van der Waals surface area contributed by atoms with Gasteiger partial charge >= 0.3 is 0 Å². The van der Waals surface area contributed by atoms with E-state index in [1.54, 1.807) is 0 Å². The Kier molecular flexibility index (Phi) is 2.44. The quantitative estimate of drug-likeness (QED) is 0.587. The summed E-state index contributed by atoms with van der Waals surface area (Å²) in [6.45, 7) is 1.99. The van der Waals surface area contributed by atoms with E-state index in [1.165, 1.54) is 5.39 Å². The average Bonchev–Trinajstić information content (AvgIpc) is 2.61. The molecule has 1 unspecified atom stereocenters. The van der Waals surface area contributed by atoms with Crippen molar-refractivity contribution in [2.24, 2.45) is 4.99 Å². The van der Waals surface area contributed by atoms with Gasteiger partial charge in [-0.2, -0.15) is 0 Å².